The van der Waals surface area contributed by atoms with Crippen molar-refractivity contribution in [3.8, 4) is 0 Å². The molecule has 0 heterocycles. The number of allylic oxidation sites excluding steroid dienone is 4. The molecule has 0 saturated carbocycles. The number of aliphatic carboxylic acids is 1. The van der Waals surface area contributed by atoms with Crippen LogP contribution in [0.25, 0.3) is 0 Å². The van der Waals surface area contributed by atoms with Gasteiger partial charge in [-0.3, -0.25) is 4.79 Å². The fraction of sp³-hybridized carbons (Fsp3) is 0.762. The fourth-order valence-electron chi connectivity index (χ4n) is 2.56. The van der Waals surface area contributed by atoms with E-state index >= 15 is 0 Å². The molecule has 0 aliphatic heterocycles. The minimum atomic E-state index is -0.673. The number of carbonyl (C=O) groups is 1. The van der Waals surface area contributed by atoms with Crippen molar-refractivity contribution in [1.82, 2.24) is 0 Å². The average molecular weight is 323 g/mol. The van der Waals surface area contributed by atoms with Gasteiger partial charge in [0.2, 0.25) is 0 Å². The summed E-state index contributed by atoms with van der Waals surface area (Å²) in [6.07, 6.45) is 26.7. The summed E-state index contributed by atoms with van der Waals surface area (Å²) in [5.41, 5.74) is 0. The minimum Gasteiger partial charge on any atom is -0.481 e. The number of rotatable bonds is 17. The van der Waals surface area contributed by atoms with Gasteiger partial charge in [-0.25, -0.2) is 0 Å². The Morgan fingerprint density at radius 3 is 1.48 bits per heavy atom. The molecule has 0 aromatic heterocycles. The maximum atomic E-state index is 10.4. The molecule has 0 aliphatic rings. The van der Waals surface area contributed by atoms with Crippen LogP contribution in [-0.2, 0) is 4.79 Å². The Bertz CT molecular complexity index is 305. The van der Waals surface area contributed by atoms with Gasteiger partial charge >= 0.3 is 5.97 Å². The van der Waals surface area contributed by atoms with Crippen LogP contribution in [0.5, 0.6) is 0 Å². The summed E-state index contributed by atoms with van der Waals surface area (Å²) in [7, 11) is 0. The highest BCUT2D eigenvalue weighted by atomic mass is 16.4. The molecule has 0 radical (unpaired) electrons. The van der Waals surface area contributed by atoms with Crippen LogP contribution >= 0.6 is 0 Å². The number of carboxylic acid groups (broad SMARTS) is 1. The largest absolute Gasteiger partial charge is 0.481 e. The molecule has 23 heavy (non-hydrogen) atoms. The van der Waals surface area contributed by atoms with Gasteiger partial charge in [-0.05, 0) is 51.4 Å². The van der Waals surface area contributed by atoms with Gasteiger partial charge in [0.05, 0.1) is 0 Å². The van der Waals surface area contributed by atoms with Gasteiger partial charge in [-0.15, -0.1) is 0 Å². The Balaban J connectivity index is 3.13. The van der Waals surface area contributed by atoms with Gasteiger partial charge in [0.1, 0.15) is 0 Å². The Labute approximate surface area is 144 Å². The van der Waals surface area contributed by atoms with Gasteiger partial charge in [0.25, 0.3) is 0 Å². The second-order valence-corrected chi connectivity index (χ2v) is 6.42. The van der Waals surface area contributed by atoms with Crippen LogP contribution in [0.3, 0.4) is 0 Å². The summed E-state index contributed by atoms with van der Waals surface area (Å²) >= 11 is 0. The molecule has 0 amide bonds. The van der Waals surface area contributed by atoms with Crippen LogP contribution in [0.15, 0.2) is 24.3 Å². The summed E-state index contributed by atoms with van der Waals surface area (Å²) in [5, 5.41) is 8.53. The van der Waals surface area contributed by atoms with Crippen molar-refractivity contribution in [2.24, 2.45) is 0 Å². The molecular weight excluding hydrogens is 284 g/mol. The molecule has 0 aromatic carbocycles. The first-order chi connectivity index (χ1) is 11.3. The molecule has 0 bridgehead atoms. The molecule has 2 heteroatoms. The lowest BCUT2D eigenvalue weighted by atomic mass is 10.1. The first-order valence-electron chi connectivity index (χ1n) is 9.79. The van der Waals surface area contributed by atoms with Gasteiger partial charge in [0.15, 0.2) is 0 Å². The van der Waals surface area contributed by atoms with E-state index in [-0.39, 0.29) is 0 Å². The van der Waals surface area contributed by atoms with Crippen molar-refractivity contribution in [2.75, 3.05) is 0 Å². The van der Waals surface area contributed by atoms with Gasteiger partial charge in [-0.2, -0.15) is 0 Å². The molecule has 0 unspecified atom stereocenters. The van der Waals surface area contributed by atoms with Crippen LogP contribution in [0.4, 0.5) is 0 Å². The summed E-state index contributed by atoms with van der Waals surface area (Å²) in [6, 6.07) is 0. The second kappa shape index (κ2) is 19.0. The Hall–Kier alpha value is -1.05. The third-order valence-corrected chi connectivity index (χ3v) is 4.06. The van der Waals surface area contributed by atoms with Crippen molar-refractivity contribution >= 4 is 5.97 Å². The summed E-state index contributed by atoms with van der Waals surface area (Å²) < 4.78 is 0. The lowest BCUT2D eigenvalue weighted by molar-refractivity contribution is -0.137. The van der Waals surface area contributed by atoms with Crippen LogP contribution < -0.4 is 0 Å². The summed E-state index contributed by atoms with van der Waals surface area (Å²) in [5.74, 6) is -0.673. The van der Waals surface area contributed by atoms with E-state index in [9.17, 15) is 4.79 Å². The highest BCUT2D eigenvalue weighted by Gasteiger charge is 1.95. The number of hydrogen-bond donors (Lipinski definition) is 1. The lowest BCUT2D eigenvalue weighted by Gasteiger charge is -1.99. The predicted molar refractivity (Wildman–Crippen MR) is 101 cm³/mol. The molecule has 2 nitrogen and oxygen atoms in total. The van der Waals surface area contributed by atoms with Crippen LogP contribution in [-0.4, -0.2) is 11.1 Å². The Kier molecular flexibility index (Phi) is 18.1. The number of hydrogen-bond acceptors (Lipinski definition) is 1. The smallest absolute Gasteiger partial charge is 0.303 e. The standard InChI is InChI=1S/C21H38O2/c1-2-3-4-5-6-7-8-9-10-11-12-13-14-15-16-17-18-19-20-21(22)23/h5-6,14-15H,2-4,7-13,16-20H2,1H3,(H,22,23)/b6-5+,15-14+. The number of carboxylic acids is 1. The fourth-order valence-corrected chi connectivity index (χ4v) is 2.56. The van der Waals surface area contributed by atoms with E-state index in [1.54, 1.807) is 0 Å². The first-order valence-corrected chi connectivity index (χ1v) is 9.79. The maximum Gasteiger partial charge on any atom is 0.303 e. The van der Waals surface area contributed by atoms with E-state index in [0.29, 0.717) is 6.42 Å². The Morgan fingerprint density at radius 2 is 1.04 bits per heavy atom. The molecule has 0 atom stereocenters. The van der Waals surface area contributed by atoms with E-state index in [2.05, 4.69) is 31.2 Å². The topological polar surface area (TPSA) is 37.3 Å². The highest BCUT2D eigenvalue weighted by Crippen LogP contribution is 2.09. The van der Waals surface area contributed by atoms with Crippen molar-refractivity contribution in [3.05, 3.63) is 24.3 Å². The van der Waals surface area contributed by atoms with Crippen LogP contribution in [0.1, 0.15) is 103 Å². The van der Waals surface area contributed by atoms with Gasteiger partial charge < -0.3 is 5.11 Å². The van der Waals surface area contributed by atoms with E-state index in [4.69, 9.17) is 5.11 Å². The molecular formula is C21H38O2. The van der Waals surface area contributed by atoms with E-state index in [1.807, 2.05) is 0 Å². The Morgan fingerprint density at radius 1 is 0.652 bits per heavy atom. The maximum absolute atomic E-state index is 10.4. The molecule has 0 aromatic rings. The summed E-state index contributed by atoms with van der Waals surface area (Å²) in [6.45, 7) is 2.24. The van der Waals surface area contributed by atoms with E-state index < -0.39 is 5.97 Å². The van der Waals surface area contributed by atoms with E-state index in [0.717, 1.165) is 25.7 Å². The van der Waals surface area contributed by atoms with Crippen molar-refractivity contribution in [2.45, 2.75) is 103 Å². The quantitative estimate of drug-likeness (QED) is 0.230. The SMILES string of the molecule is CCCC/C=C/CCCCCCC/C=C/CCCCCC(=O)O. The van der Waals surface area contributed by atoms with Crippen LogP contribution in [0, 0.1) is 0 Å². The normalized spacial score (nSPS) is 11.7. The molecule has 0 rings (SSSR count). The van der Waals surface area contributed by atoms with Crippen molar-refractivity contribution in [1.29, 1.82) is 0 Å². The van der Waals surface area contributed by atoms with Crippen molar-refractivity contribution in [3.63, 3.8) is 0 Å². The second-order valence-electron chi connectivity index (χ2n) is 6.42. The molecule has 0 aliphatic carbocycles. The third kappa shape index (κ3) is 21.0. The van der Waals surface area contributed by atoms with Crippen LogP contribution in [0.2, 0.25) is 0 Å². The van der Waals surface area contributed by atoms with E-state index in [1.165, 1.54) is 64.2 Å². The molecule has 0 fully saturated rings. The van der Waals surface area contributed by atoms with Gasteiger partial charge in [-0.1, -0.05) is 69.8 Å². The lowest BCUT2D eigenvalue weighted by Crippen LogP contribution is -1.93. The zero-order valence-electron chi connectivity index (χ0n) is 15.3. The molecule has 134 valence electrons. The van der Waals surface area contributed by atoms with Gasteiger partial charge in [0, 0.05) is 6.42 Å². The number of unbranched alkanes of at least 4 members (excludes halogenated alkanes) is 11. The minimum absolute atomic E-state index is 0.318. The zero-order valence-corrected chi connectivity index (χ0v) is 15.3. The monoisotopic (exact) mass is 322 g/mol. The summed E-state index contributed by atoms with van der Waals surface area (Å²) in [4.78, 5) is 10.4. The third-order valence-electron chi connectivity index (χ3n) is 4.06. The molecule has 0 saturated heterocycles. The molecule has 1 N–H and O–H groups in total. The predicted octanol–water partition coefficient (Wildman–Crippen LogP) is 7.05. The average Bonchev–Trinajstić information content (AvgIpc) is 2.53. The molecule has 0 spiro atoms. The highest BCUT2D eigenvalue weighted by molar-refractivity contribution is 5.66. The van der Waals surface area contributed by atoms with Crippen molar-refractivity contribution < 1.29 is 9.90 Å². The first kappa shape index (κ1) is 21.9. The zero-order chi connectivity index (χ0) is 17.0.